The standard InChI is InChI=1S/C30H21N3O9/c34-25(31-19-10-4-16(5-11-19)28(37)38)22-2-1-3-23(26(35)32-20-12-6-17(7-13-20)29(39)40)24(22)27(36)33-21-14-8-18(9-15-21)30(41)42/h1-15H,(H,31,34)(H,32,35)(H,33,36)(H,37,38)(H,39,40)(H,41,42). The number of benzene rings is 4. The van der Waals surface area contributed by atoms with Gasteiger partial charge in [-0.05, 0) is 84.9 Å². The lowest BCUT2D eigenvalue weighted by molar-refractivity contribution is 0.0686. The number of rotatable bonds is 9. The number of nitrogens with one attached hydrogen (secondary N) is 3. The van der Waals surface area contributed by atoms with Gasteiger partial charge in [0.1, 0.15) is 0 Å². The normalized spacial score (nSPS) is 10.3. The van der Waals surface area contributed by atoms with Crippen LogP contribution in [0, 0.1) is 0 Å². The van der Waals surface area contributed by atoms with Crippen LogP contribution >= 0.6 is 0 Å². The second-order valence-electron chi connectivity index (χ2n) is 8.74. The van der Waals surface area contributed by atoms with Crippen LogP contribution in [0.1, 0.15) is 62.1 Å². The van der Waals surface area contributed by atoms with Gasteiger partial charge in [0.05, 0.1) is 33.4 Å². The molecule has 0 spiro atoms. The van der Waals surface area contributed by atoms with Crippen molar-refractivity contribution < 1.29 is 44.1 Å². The fraction of sp³-hybridized carbons (Fsp3) is 0. The summed E-state index contributed by atoms with van der Waals surface area (Å²) in [6.45, 7) is 0. The van der Waals surface area contributed by atoms with Crippen LogP contribution in [0.2, 0.25) is 0 Å². The van der Waals surface area contributed by atoms with E-state index in [4.69, 9.17) is 15.3 Å². The van der Waals surface area contributed by atoms with Gasteiger partial charge in [-0.2, -0.15) is 0 Å². The van der Waals surface area contributed by atoms with Gasteiger partial charge in [0.2, 0.25) is 0 Å². The Morgan fingerprint density at radius 3 is 0.976 bits per heavy atom. The van der Waals surface area contributed by atoms with Crippen LogP contribution in [0.15, 0.2) is 91.0 Å². The maximum Gasteiger partial charge on any atom is 0.335 e. The van der Waals surface area contributed by atoms with E-state index in [-0.39, 0.29) is 50.4 Å². The third-order valence-electron chi connectivity index (χ3n) is 5.95. The van der Waals surface area contributed by atoms with E-state index >= 15 is 0 Å². The number of anilines is 3. The summed E-state index contributed by atoms with van der Waals surface area (Å²) >= 11 is 0. The molecule has 0 saturated carbocycles. The molecule has 0 bridgehead atoms. The summed E-state index contributed by atoms with van der Waals surface area (Å²) in [6, 6.07) is 19.9. The molecule has 3 amide bonds. The van der Waals surface area contributed by atoms with Crippen molar-refractivity contribution >= 4 is 52.7 Å². The molecule has 0 aliphatic heterocycles. The van der Waals surface area contributed by atoms with Crippen molar-refractivity contribution in [3.63, 3.8) is 0 Å². The van der Waals surface area contributed by atoms with Crippen molar-refractivity contribution in [2.24, 2.45) is 0 Å². The van der Waals surface area contributed by atoms with Gasteiger partial charge >= 0.3 is 17.9 Å². The Balaban J connectivity index is 1.69. The Bertz CT molecular complexity index is 1620. The Kier molecular flexibility index (Phi) is 8.38. The molecule has 4 aromatic carbocycles. The second-order valence-corrected chi connectivity index (χ2v) is 8.74. The molecule has 4 rings (SSSR count). The maximum atomic E-state index is 13.5. The van der Waals surface area contributed by atoms with E-state index in [2.05, 4.69) is 16.0 Å². The summed E-state index contributed by atoms with van der Waals surface area (Å²) in [5.74, 6) is -5.87. The highest BCUT2D eigenvalue weighted by molar-refractivity contribution is 6.21. The van der Waals surface area contributed by atoms with E-state index in [9.17, 15) is 28.8 Å². The molecule has 0 atom stereocenters. The lowest BCUT2D eigenvalue weighted by atomic mass is 9.98. The fourth-order valence-electron chi connectivity index (χ4n) is 3.85. The van der Waals surface area contributed by atoms with Gasteiger partial charge in [-0.15, -0.1) is 0 Å². The number of aromatic carboxylic acids is 3. The zero-order valence-electron chi connectivity index (χ0n) is 21.5. The molecule has 0 aliphatic rings. The zero-order valence-corrected chi connectivity index (χ0v) is 21.5. The quantitative estimate of drug-likeness (QED) is 0.168. The molecule has 0 fully saturated rings. The van der Waals surface area contributed by atoms with Gasteiger partial charge < -0.3 is 31.3 Å². The summed E-state index contributed by atoms with van der Waals surface area (Å²) in [5.41, 5.74) is -0.0522. The van der Waals surface area contributed by atoms with E-state index in [0.29, 0.717) is 0 Å². The van der Waals surface area contributed by atoms with E-state index in [1.165, 1.54) is 91.0 Å². The minimum atomic E-state index is -1.17. The first kappa shape index (κ1) is 28.7. The van der Waals surface area contributed by atoms with Gasteiger partial charge in [-0.1, -0.05) is 6.07 Å². The Labute approximate surface area is 237 Å². The molecular formula is C30H21N3O9. The summed E-state index contributed by atoms with van der Waals surface area (Å²) in [4.78, 5) is 73.5. The highest BCUT2D eigenvalue weighted by atomic mass is 16.4. The van der Waals surface area contributed by atoms with Crippen LogP contribution in [0.4, 0.5) is 17.1 Å². The lowest BCUT2D eigenvalue weighted by Crippen LogP contribution is -2.25. The van der Waals surface area contributed by atoms with Gasteiger partial charge in [0.15, 0.2) is 0 Å². The Morgan fingerprint density at radius 2 is 0.690 bits per heavy atom. The Morgan fingerprint density at radius 1 is 0.405 bits per heavy atom. The molecule has 12 heteroatoms. The maximum absolute atomic E-state index is 13.5. The number of carboxylic acid groups (broad SMARTS) is 3. The largest absolute Gasteiger partial charge is 0.478 e. The molecule has 0 unspecified atom stereocenters. The molecule has 4 aromatic rings. The van der Waals surface area contributed by atoms with Crippen molar-refractivity contribution in [1.29, 1.82) is 0 Å². The zero-order chi connectivity index (χ0) is 30.4. The molecule has 12 nitrogen and oxygen atoms in total. The van der Waals surface area contributed by atoms with Crippen LogP contribution < -0.4 is 16.0 Å². The summed E-state index contributed by atoms with van der Waals surface area (Å²) in [5, 5.41) is 35.0. The molecule has 0 radical (unpaired) electrons. The number of amides is 3. The first-order valence-electron chi connectivity index (χ1n) is 12.1. The monoisotopic (exact) mass is 567 g/mol. The lowest BCUT2D eigenvalue weighted by Gasteiger charge is -2.15. The van der Waals surface area contributed by atoms with E-state index in [1.807, 2.05) is 0 Å². The molecule has 0 heterocycles. The average Bonchev–Trinajstić information content (AvgIpc) is 2.97. The fourth-order valence-corrected chi connectivity index (χ4v) is 3.85. The minimum Gasteiger partial charge on any atom is -0.478 e. The highest BCUT2D eigenvalue weighted by Gasteiger charge is 2.25. The average molecular weight is 568 g/mol. The first-order valence-corrected chi connectivity index (χ1v) is 12.1. The summed E-state index contributed by atoms with van der Waals surface area (Å²) < 4.78 is 0. The van der Waals surface area contributed by atoms with Crippen molar-refractivity contribution in [1.82, 2.24) is 0 Å². The van der Waals surface area contributed by atoms with Crippen LogP contribution in [0.5, 0.6) is 0 Å². The first-order chi connectivity index (χ1) is 20.0. The highest BCUT2D eigenvalue weighted by Crippen LogP contribution is 2.22. The molecule has 0 aliphatic carbocycles. The SMILES string of the molecule is O=C(O)c1ccc(NC(=O)c2cccc(C(=O)Nc3ccc(C(=O)O)cc3)c2C(=O)Nc2ccc(C(=O)O)cc2)cc1. The number of carboxylic acids is 3. The van der Waals surface area contributed by atoms with Crippen LogP contribution in [0.3, 0.4) is 0 Å². The van der Waals surface area contributed by atoms with Crippen molar-refractivity contribution in [2.75, 3.05) is 16.0 Å². The predicted octanol–water partition coefficient (Wildman–Crippen LogP) is 4.54. The third-order valence-corrected chi connectivity index (χ3v) is 5.95. The molecule has 42 heavy (non-hydrogen) atoms. The molecular weight excluding hydrogens is 546 g/mol. The smallest absolute Gasteiger partial charge is 0.335 e. The van der Waals surface area contributed by atoms with Gasteiger partial charge in [0, 0.05) is 17.1 Å². The topological polar surface area (TPSA) is 199 Å². The second kappa shape index (κ2) is 12.3. The molecule has 0 saturated heterocycles. The van der Waals surface area contributed by atoms with Crippen LogP contribution in [-0.4, -0.2) is 50.9 Å². The number of hydrogen-bond donors (Lipinski definition) is 6. The van der Waals surface area contributed by atoms with Gasteiger partial charge in [0.25, 0.3) is 17.7 Å². The molecule has 210 valence electrons. The minimum absolute atomic E-state index is 0.00274. The van der Waals surface area contributed by atoms with E-state index in [1.54, 1.807) is 0 Å². The Hall–Kier alpha value is -6.30. The number of hydrogen-bond acceptors (Lipinski definition) is 6. The van der Waals surface area contributed by atoms with E-state index < -0.39 is 35.6 Å². The van der Waals surface area contributed by atoms with E-state index in [0.717, 1.165) is 0 Å². The number of carbonyl (C=O) groups excluding carboxylic acids is 3. The predicted molar refractivity (Wildman–Crippen MR) is 151 cm³/mol. The summed E-state index contributed by atoms with van der Waals surface area (Å²) in [7, 11) is 0. The van der Waals surface area contributed by atoms with Crippen molar-refractivity contribution in [2.45, 2.75) is 0 Å². The van der Waals surface area contributed by atoms with Crippen molar-refractivity contribution in [3.05, 3.63) is 124 Å². The molecule has 0 aromatic heterocycles. The van der Waals surface area contributed by atoms with Gasteiger partial charge in [-0.3, -0.25) is 14.4 Å². The van der Waals surface area contributed by atoms with Gasteiger partial charge in [-0.25, -0.2) is 14.4 Å². The molecule has 6 N–H and O–H groups in total. The number of carbonyl (C=O) groups is 6. The summed E-state index contributed by atoms with van der Waals surface area (Å²) in [6.07, 6.45) is 0. The van der Waals surface area contributed by atoms with Crippen molar-refractivity contribution in [3.8, 4) is 0 Å². The van der Waals surface area contributed by atoms with Crippen LogP contribution in [0.25, 0.3) is 0 Å². The van der Waals surface area contributed by atoms with Crippen LogP contribution in [-0.2, 0) is 0 Å². The third kappa shape index (κ3) is 6.63.